The normalized spacial score (nSPS) is 14.7. The van der Waals surface area contributed by atoms with E-state index in [1.165, 1.54) is 0 Å². The molecule has 1 aliphatic rings. The standard InChI is InChI=1S/C20H27N5O2/c1-3-25(17-7-5-4-6-8-17)20(26)18-15-19(23-16(2)22-18)21-9-10-24-11-13-27-14-12-24/h4-8,15H,3,9-14H2,1-2H3,(H,21,22,23). The first-order valence-electron chi connectivity index (χ1n) is 9.44. The van der Waals surface area contributed by atoms with Gasteiger partial charge in [0.2, 0.25) is 0 Å². The minimum absolute atomic E-state index is 0.120. The highest BCUT2D eigenvalue weighted by Gasteiger charge is 2.19. The Morgan fingerprint density at radius 3 is 2.67 bits per heavy atom. The highest BCUT2D eigenvalue weighted by molar-refractivity contribution is 6.05. The van der Waals surface area contributed by atoms with Crippen LogP contribution in [0.3, 0.4) is 0 Å². The van der Waals surface area contributed by atoms with Crippen molar-refractivity contribution in [1.82, 2.24) is 14.9 Å². The van der Waals surface area contributed by atoms with Gasteiger partial charge >= 0.3 is 0 Å². The lowest BCUT2D eigenvalue weighted by Crippen LogP contribution is -2.39. The fraction of sp³-hybridized carbons (Fsp3) is 0.450. The molecule has 1 amide bonds. The summed E-state index contributed by atoms with van der Waals surface area (Å²) in [6.07, 6.45) is 0. The minimum Gasteiger partial charge on any atom is -0.379 e. The Bertz CT molecular complexity index is 747. The molecule has 0 atom stereocenters. The Balaban J connectivity index is 1.67. The van der Waals surface area contributed by atoms with Crippen LogP contribution >= 0.6 is 0 Å². The fourth-order valence-corrected chi connectivity index (χ4v) is 3.12. The first-order chi connectivity index (χ1) is 13.2. The number of nitrogens with zero attached hydrogens (tertiary/aromatic N) is 4. The number of para-hydroxylation sites is 1. The summed E-state index contributed by atoms with van der Waals surface area (Å²) in [7, 11) is 0. The van der Waals surface area contributed by atoms with Gasteiger partial charge in [-0.15, -0.1) is 0 Å². The quantitative estimate of drug-likeness (QED) is 0.807. The van der Waals surface area contributed by atoms with E-state index >= 15 is 0 Å². The molecule has 2 aromatic rings. The zero-order valence-electron chi connectivity index (χ0n) is 16.0. The molecule has 1 fully saturated rings. The molecule has 144 valence electrons. The van der Waals surface area contributed by atoms with Crippen molar-refractivity contribution in [3.63, 3.8) is 0 Å². The van der Waals surface area contributed by atoms with Crippen LogP contribution in [0.5, 0.6) is 0 Å². The van der Waals surface area contributed by atoms with Crippen molar-refractivity contribution >= 4 is 17.4 Å². The fourth-order valence-electron chi connectivity index (χ4n) is 3.12. The number of aryl methyl sites for hydroxylation is 1. The molecular weight excluding hydrogens is 342 g/mol. The molecule has 1 aromatic heterocycles. The van der Waals surface area contributed by atoms with Crippen molar-refractivity contribution in [2.75, 3.05) is 56.2 Å². The first kappa shape index (κ1) is 19.3. The predicted octanol–water partition coefficient (Wildman–Crippen LogP) is 2.20. The van der Waals surface area contributed by atoms with E-state index in [0.29, 0.717) is 23.9 Å². The molecule has 3 rings (SSSR count). The lowest BCUT2D eigenvalue weighted by atomic mass is 10.2. The van der Waals surface area contributed by atoms with Gasteiger partial charge in [0.1, 0.15) is 17.3 Å². The molecule has 0 unspecified atom stereocenters. The van der Waals surface area contributed by atoms with Crippen molar-refractivity contribution in [2.45, 2.75) is 13.8 Å². The summed E-state index contributed by atoms with van der Waals surface area (Å²) in [6, 6.07) is 11.4. The minimum atomic E-state index is -0.120. The first-order valence-corrected chi connectivity index (χ1v) is 9.44. The van der Waals surface area contributed by atoms with Crippen LogP contribution in [-0.2, 0) is 4.74 Å². The van der Waals surface area contributed by atoms with E-state index in [4.69, 9.17) is 4.74 Å². The van der Waals surface area contributed by atoms with Gasteiger partial charge in [0, 0.05) is 44.5 Å². The number of nitrogens with one attached hydrogen (secondary N) is 1. The van der Waals surface area contributed by atoms with Crippen molar-refractivity contribution < 1.29 is 9.53 Å². The number of ether oxygens (including phenoxy) is 1. The Morgan fingerprint density at radius 1 is 1.22 bits per heavy atom. The lowest BCUT2D eigenvalue weighted by Gasteiger charge is -2.26. The van der Waals surface area contributed by atoms with E-state index in [1.54, 1.807) is 11.0 Å². The summed E-state index contributed by atoms with van der Waals surface area (Å²) in [5.41, 5.74) is 1.27. The van der Waals surface area contributed by atoms with Gasteiger partial charge in [-0.2, -0.15) is 0 Å². The Kier molecular flexibility index (Phi) is 6.73. The third-order valence-corrected chi connectivity index (χ3v) is 4.52. The third kappa shape index (κ3) is 5.24. The number of hydrogen-bond donors (Lipinski definition) is 1. The number of carbonyl (C=O) groups excluding carboxylic acids is 1. The molecule has 0 saturated carbocycles. The Labute approximate surface area is 160 Å². The number of benzene rings is 1. The molecular formula is C20H27N5O2. The number of hydrogen-bond acceptors (Lipinski definition) is 6. The molecule has 27 heavy (non-hydrogen) atoms. The molecule has 1 N–H and O–H groups in total. The van der Waals surface area contributed by atoms with Gasteiger partial charge in [-0.05, 0) is 26.0 Å². The molecule has 0 spiro atoms. The maximum absolute atomic E-state index is 13.0. The van der Waals surface area contributed by atoms with Gasteiger partial charge in [-0.3, -0.25) is 9.69 Å². The van der Waals surface area contributed by atoms with E-state index in [1.807, 2.05) is 44.2 Å². The summed E-state index contributed by atoms with van der Waals surface area (Å²) in [4.78, 5) is 25.8. The SMILES string of the molecule is CCN(C(=O)c1cc(NCCN2CCOCC2)nc(C)n1)c1ccccc1. The molecule has 7 nitrogen and oxygen atoms in total. The molecule has 0 aliphatic carbocycles. The van der Waals surface area contributed by atoms with E-state index < -0.39 is 0 Å². The zero-order valence-corrected chi connectivity index (χ0v) is 16.0. The smallest absolute Gasteiger partial charge is 0.277 e. The topological polar surface area (TPSA) is 70.6 Å². The summed E-state index contributed by atoms with van der Waals surface area (Å²) in [5, 5.41) is 3.32. The number of aromatic nitrogens is 2. The Morgan fingerprint density at radius 2 is 1.96 bits per heavy atom. The summed E-state index contributed by atoms with van der Waals surface area (Å²) < 4.78 is 5.37. The van der Waals surface area contributed by atoms with Crippen molar-refractivity contribution in [1.29, 1.82) is 0 Å². The third-order valence-electron chi connectivity index (χ3n) is 4.52. The molecule has 1 aromatic carbocycles. The van der Waals surface area contributed by atoms with Crippen LogP contribution < -0.4 is 10.2 Å². The van der Waals surface area contributed by atoms with Gasteiger partial charge in [0.25, 0.3) is 5.91 Å². The van der Waals surface area contributed by atoms with Crippen LogP contribution in [0.4, 0.5) is 11.5 Å². The highest BCUT2D eigenvalue weighted by atomic mass is 16.5. The van der Waals surface area contributed by atoms with Crippen LogP contribution in [0.15, 0.2) is 36.4 Å². The maximum Gasteiger partial charge on any atom is 0.277 e. The van der Waals surface area contributed by atoms with Crippen LogP contribution in [0.2, 0.25) is 0 Å². The van der Waals surface area contributed by atoms with E-state index in [2.05, 4.69) is 20.2 Å². The van der Waals surface area contributed by atoms with Gasteiger partial charge in [0.15, 0.2) is 0 Å². The number of rotatable bonds is 7. The molecule has 2 heterocycles. The predicted molar refractivity (Wildman–Crippen MR) is 106 cm³/mol. The highest BCUT2D eigenvalue weighted by Crippen LogP contribution is 2.17. The molecule has 7 heteroatoms. The van der Waals surface area contributed by atoms with E-state index in [9.17, 15) is 4.79 Å². The second-order valence-electron chi connectivity index (χ2n) is 6.45. The van der Waals surface area contributed by atoms with Gasteiger partial charge in [0.05, 0.1) is 13.2 Å². The lowest BCUT2D eigenvalue weighted by molar-refractivity contribution is 0.0398. The van der Waals surface area contributed by atoms with Crippen LogP contribution in [0.1, 0.15) is 23.2 Å². The zero-order chi connectivity index (χ0) is 19.1. The molecule has 1 aliphatic heterocycles. The maximum atomic E-state index is 13.0. The number of carbonyl (C=O) groups is 1. The second kappa shape index (κ2) is 9.43. The molecule has 0 radical (unpaired) electrons. The average Bonchev–Trinajstić information content (AvgIpc) is 2.70. The molecule has 1 saturated heterocycles. The molecule has 0 bridgehead atoms. The average molecular weight is 369 g/mol. The number of morpholine rings is 1. The Hall–Kier alpha value is -2.51. The van der Waals surface area contributed by atoms with Gasteiger partial charge in [-0.25, -0.2) is 9.97 Å². The number of anilines is 2. The van der Waals surface area contributed by atoms with E-state index in [0.717, 1.165) is 45.1 Å². The van der Waals surface area contributed by atoms with Gasteiger partial charge < -0.3 is 15.0 Å². The van der Waals surface area contributed by atoms with Crippen molar-refractivity contribution in [2.24, 2.45) is 0 Å². The largest absolute Gasteiger partial charge is 0.379 e. The van der Waals surface area contributed by atoms with Crippen molar-refractivity contribution in [3.05, 3.63) is 47.9 Å². The van der Waals surface area contributed by atoms with Crippen LogP contribution in [0, 0.1) is 6.92 Å². The summed E-state index contributed by atoms with van der Waals surface area (Å²) in [5.74, 6) is 1.15. The summed E-state index contributed by atoms with van der Waals surface area (Å²) >= 11 is 0. The second-order valence-corrected chi connectivity index (χ2v) is 6.45. The summed E-state index contributed by atoms with van der Waals surface area (Å²) in [6.45, 7) is 9.51. The monoisotopic (exact) mass is 369 g/mol. The van der Waals surface area contributed by atoms with E-state index in [-0.39, 0.29) is 5.91 Å². The number of amides is 1. The van der Waals surface area contributed by atoms with Crippen molar-refractivity contribution in [3.8, 4) is 0 Å². The van der Waals surface area contributed by atoms with Crippen LogP contribution in [0.25, 0.3) is 0 Å². The van der Waals surface area contributed by atoms with Gasteiger partial charge in [-0.1, -0.05) is 18.2 Å². The van der Waals surface area contributed by atoms with Crippen LogP contribution in [-0.4, -0.2) is 66.7 Å².